The molecule has 3 N–H and O–H groups in total. The molecule has 7 nitrogen and oxygen atoms in total. The third kappa shape index (κ3) is 3.86. The van der Waals surface area contributed by atoms with Crippen molar-refractivity contribution in [3.05, 3.63) is 76.7 Å². The van der Waals surface area contributed by atoms with Crippen molar-refractivity contribution < 1.29 is 13.2 Å². The van der Waals surface area contributed by atoms with Crippen molar-refractivity contribution in [2.24, 2.45) is 0 Å². The predicted octanol–water partition coefficient (Wildman–Crippen LogP) is 3.84. The van der Waals surface area contributed by atoms with Gasteiger partial charge in [-0.25, -0.2) is 9.97 Å². The lowest BCUT2D eigenvalue weighted by atomic mass is 10.2. The number of aromatic nitrogens is 4. The number of fused-ring (bicyclic) bond motifs is 1. The normalized spacial score (nSPS) is 11.4. The number of hydrogen-bond donors (Lipinski definition) is 3. The molecule has 0 aliphatic carbocycles. The summed E-state index contributed by atoms with van der Waals surface area (Å²) in [6, 6.07) is 16.7. The zero-order chi connectivity index (χ0) is 20.4. The predicted molar refractivity (Wildman–Crippen MR) is 102 cm³/mol. The maximum atomic E-state index is 13.6. The van der Waals surface area contributed by atoms with Gasteiger partial charge >= 0.3 is 6.18 Å². The lowest BCUT2D eigenvalue weighted by Crippen LogP contribution is -2.22. The van der Waals surface area contributed by atoms with Crippen LogP contribution in [0.4, 0.5) is 24.7 Å². The second-order valence-electron chi connectivity index (χ2n) is 6.02. The van der Waals surface area contributed by atoms with Gasteiger partial charge in [0.05, 0.1) is 16.7 Å². The number of hydrogen-bond acceptors (Lipinski definition) is 6. The average Bonchev–Trinajstić information content (AvgIpc) is 3.11. The van der Waals surface area contributed by atoms with Gasteiger partial charge in [-0.3, -0.25) is 20.7 Å². The maximum absolute atomic E-state index is 13.6. The van der Waals surface area contributed by atoms with E-state index in [0.717, 1.165) is 5.56 Å². The Hall–Kier alpha value is -3.95. The molecule has 0 aliphatic rings. The van der Waals surface area contributed by atoms with Gasteiger partial charge in [-0.15, -0.1) is 0 Å². The van der Waals surface area contributed by atoms with Crippen LogP contribution in [0.25, 0.3) is 22.3 Å². The molecule has 0 atom stereocenters. The van der Waals surface area contributed by atoms with Gasteiger partial charge in [-0.2, -0.15) is 18.3 Å². The molecule has 0 saturated heterocycles. The van der Waals surface area contributed by atoms with Crippen LogP contribution in [0.15, 0.2) is 65.5 Å². The highest BCUT2D eigenvalue weighted by atomic mass is 19.4. The fourth-order valence-electron chi connectivity index (χ4n) is 2.69. The quantitative estimate of drug-likeness (QED) is 0.452. The zero-order valence-electron chi connectivity index (χ0n) is 14.7. The number of alkyl halides is 3. The highest BCUT2D eigenvalue weighted by molar-refractivity contribution is 5.74. The molecule has 4 aromatic rings. The number of anilines is 2. The summed E-state index contributed by atoms with van der Waals surface area (Å²) >= 11 is 0. The molecule has 0 aliphatic heterocycles. The van der Waals surface area contributed by atoms with Crippen molar-refractivity contribution in [3.63, 3.8) is 0 Å². The summed E-state index contributed by atoms with van der Waals surface area (Å²) in [5.74, 6) is 0.187. The van der Waals surface area contributed by atoms with Gasteiger partial charge in [0.2, 0.25) is 0 Å². The average molecular weight is 398 g/mol. The first kappa shape index (κ1) is 18.4. The van der Waals surface area contributed by atoms with Crippen LogP contribution >= 0.6 is 0 Å². The van der Waals surface area contributed by atoms with E-state index in [9.17, 15) is 18.0 Å². The van der Waals surface area contributed by atoms with E-state index in [2.05, 4.69) is 31.0 Å². The topological polar surface area (TPSA) is 95.6 Å². The van der Waals surface area contributed by atoms with E-state index in [1.807, 2.05) is 30.3 Å². The van der Waals surface area contributed by atoms with E-state index in [-0.39, 0.29) is 16.9 Å². The fraction of sp³-hybridized carbons (Fsp3) is 0.0526. The summed E-state index contributed by atoms with van der Waals surface area (Å²) in [5, 5.41) is 6.74. The molecule has 0 radical (unpaired) electrons. The number of nitrogens with one attached hydrogen (secondary N) is 3. The highest BCUT2D eigenvalue weighted by Gasteiger charge is 2.37. The molecule has 0 unspecified atom stereocenters. The third-order valence-corrected chi connectivity index (χ3v) is 4.03. The Bertz CT molecular complexity index is 1220. The molecule has 146 valence electrons. The van der Waals surface area contributed by atoms with Crippen molar-refractivity contribution in [2.75, 3.05) is 10.9 Å². The number of halogens is 3. The van der Waals surface area contributed by atoms with Gasteiger partial charge in [0.15, 0.2) is 17.2 Å². The number of nitrogens with zero attached hydrogens (tertiary/aromatic N) is 3. The van der Waals surface area contributed by atoms with E-state index in [1.165, 1.54) is 18.2 Å². The van der Waals surface area contributed by atoms with Crippen LogP contribution in [0.3, 0.4) is 0 Å². The van der Waals surface area contributed by atoms with Crippen molar-refractivity contribution in [3.8, 4) is 11.3 Å². The van der Waals surface area contributed by atoms with Crippen LogP contribution < -0.4 is 16.4 Å². The lowest BCUT2D eigenvalue weighted by Gasteiger charge is -2.10. The first-order valence-corrected chi connectivity index (χ1v) is 8.43. The summed E-state index contributed by atoms with van der Waals surface area (Å²) in [5.41, 5.74) is 2.98. The number of hydrazine groups is 1. The molecule has 4 rings (SSSR count). The van der Waals surface area contributed by atoms with Crippen molar-refractivity contribution >= 4 is 22.5 Å². The zero-order valence-corrected chi connectivity index (χ0v) is 14.7. The summed E-state index contributed by atoms with van der Waals surface area (Å²) in [4.78, 5) is 19.7. The van der Waals surface area contributed by atoms with E-state index < -0.39 is 23.1 Å². The van der Waals surface area contributed by atoms with E-state index >= 15 is 0 Å². The first-order valence-electron chi connectivity index (χ1n) is 8.43. The van der Waals surface area contributed by atoms with E-state index in [1.54, 1.807) is 12.1 Å². The molecule has 10 heteroatoms. The van der Waals surface area contributed by atoms with Gasteiger partial charge in [0, 0.05) is 6.07 Å². The Morgan fingerprint density at radius 3 is 2.21 bits per heavy atom. The van der Waals surface area contributed by atoms with Gasteiger partial charge in [-0.1, -0.05) is 42.5 Å². The fourth-order valence-corrected chi connectivity index (χ4v) is 2.69. The first-order chi connectivity index (χ1) is 13.9. The maximum Gasteiger partial charge on any atom is 0.435 e. The van der Waals surface area contributed by atoms with Crippen LogP contribution in [0.5, 0.6) is 0 Å². The molecule has 0 bridgehead atoms. The van der Waals surface area contributed by atoms with Gasteiger partial charge < -0.3 is 0 Å². The van der Waals surface area contributed by atoms with Crippen molar-refractivity contribution in [1.29, 1.82) is 0 Å². The largest absolute Gasteiger partial charge is 0.435 e. The number of para-hydroxylation sites is 2. The van der Waals surface area contributed by atoms with Gasteiger partial charge in [0.1, 0.15) is 0 Å². The second-order valence-corrected chi connectivity index (χ2v) is 6.02. The molecule has 0 fully saturated rings. The van der Waals surface area contributed by atoms with Crippen LogP contribution in [-0.2, 0) is 6.18 Å². The smallest absolute Gasteiger partial charge is 0.292 e. The molecule has 0 spiro atoms. The third-order valence-electron chi connectivity index (χ3n) is 4.03. The second kappa shape index (κ2) is 7.23. The summed E-state index contributed by atoms with van der Waals surface area (Å²) in [6.45, 7) is 0. The minimum absolute atomic E-state index is 0.0453. The SMILES string of the molecule is O=c1nc2ccccc2nc(C(F)(F)F)c1NNc1cc(-c2ccccc2)[nH]n1. The van der Waals surface area contributed by atoms with Gasteiger partial charge in [0.25, 0.3) is 5.56 Å². The van der Waals surface area contributed by atoms with Crippen LogP contribution in [0.2, 0.25) is 0 Å². The Morgan fingerprint density at radius 1 is 0.862 bits per heavy atom. The Balaban J connectivity index is 1.70. The number of H-pyrrole nitrogens is 1. The molecular weight excluding hydrogens is 385 g/mol. The molecular formula is C19H13F3N6O. The summed E-state index contributed by atoms with van der Waals surface area (Å²) in [6.07, 6.45) is -4.87. The Labute approximate surface area is 161 Å². The van der Waals surface area contributed by atoms with Crippen LogP contribution in [0.1, 0.15) is 5.69 Å². The minimum Gasteiger partial charge on any atom is -0.292 e. The molecule has 2 aromatic carbocycles. The monoisotopic (exact) mass is 398 g/mol. The van der Waals surface area contributed by atoms with Crippen LogP contribution in [-0.4, -0.2) is 20.2 Å². The number of rotatable bonds is 4. The minimum atomic E-state index is -4.87. The molecule has 0 saturated carbocycles. The lowest BCUT2D eigenvalue weighted by molar-refractivity contribution is -0.140. The molecule has 29 heavy (non-hydrogen) atoms. The highest BCUT2D eigenvalue weighted by Crippen LogP contribution is 2.32. The van der Waals surface area contributed by atoms with Gasteiger partial charge in [-0.05, 0) is 17.7 Å². The number of benzene rings is 2. The standard InChI is InChI=1S/C19H13F3N6O/c20-19(21,22)17-16(18(29)24-13-9-5-4-8-12(13)23-17)28-27-15-10-14(25-26-15)11-6-2-1-3-7-11/h1-10H,(H,24,28,29)(H2,25,26,27). The number of aromatic amines is 1. The van der Waals surface area contributed by atoms with Crippen molar-refractivity contribution in [1.82, 2.24) is 20.2 Å². The Morgan fingerprint density at radius 2 is 1.52 bits per heavy atom. The molecule has 2 aromatic heterocycles. The van der Waals surface area contributed by atoms with E-state index in [0.29, 0.717) is 5.69 Å². The Kier molecular flexibility index (Phi) is 4.59. The summed E-state index contributed by atoms with van der Waals surface area (Å²) < 4.78 is 40.7. The molecule has 2 heterocycles. The van der Waals surface area contributed by atoms with Crippen LogP contribution in [0, 0.1) is 0 Å². The van der Waals surface area contributed by atoms with Crippen molar-refractivity contribution in [2.45, 2.75) is 6.18 Å². The summed E-state index contributed by atoms with van der Waals surface area (Å²) in [7, 11) is 0. The molecule has 0 amide bonds. The van der Waals surface area contributed by atoms with E-state index in [4.69, 9.17) is 0 Å².